The molecule has 0 aliphatic heterocycles. The molecule has 0 aliphatic rings. The van der Waals surface area contributed by atoms with Gasteiger partial charge in [0.1, 0.15) is 5.82 Å². The predicted molar refractivity (Wildman–Crippen MR) is 47.5 cm³/mol. The molecule has 0 aromatic carbocycles. The first-order chi connectivity index (χ1) is 6.08. The second-order valence-electron chi connectivity index (χ2n) is 2.94. The highest BCUT2D eigenvalue weighted by Crippen LogP contribution is 2.02. The van der Waals surface area contributed by atoms with Crippen LogP contribution in [0.4, 0.5) is 0 Å². The molecule has 0 aliphatic carbocycles. The fourth-order valence-corrected chi connectivity index (χ4v) is 1.16. The second kappa shape index (κ2) is 3.98. The number of carboxylic acid groups (broad SMARTS) is 1. The third-order valence-corrected chi connectivity index (χ3v) is 1.61. The van der Waals surface area contributed by atoms with E-state index < -0.39 is 5.97 Å². The van der Waals surface area contributed by atoms with Gasteiger partial charge in [-0.2, -0.15) is 0 Å². The third kappa shape index (κ3) is 3.19. The number of hydrogen-bond donors (Lipinski definition) is 1. The molecule has 0 amide bonds. The molecule has 0 saturated carbocycles. The Morgan fingerprint density at radius 2 is 2.15 bits per heavy atom. The van der Waals surface area contributed by atoms with Crippen molar-refractivity contribution in [3.8, 4) is 0 Å². The molecule has 0 bridgehead atoms. The fraction of sp³-hybridized carbons (Fsp3) is 0.444. The summed E-state index contributed by atoms with van der Waals surface area (Å²) in [5.41, 5.74) is 1.68. The first kappa shape index (κ1) is 9.64. The SMILES string of the molecule is Cc1cc(CCC(=O)O)nc(C)n1. The molecule has 0 atom stereocenters. The summed E-state index contributed by atoms with van der Waals surface area (Å²) in [5, 5.41) is 8.47. The summed E-state index contributed by atoms with van der Waals surface area (Å²) in [6.45, 7) is 3.68. The molecule has 1 aromatic rings. The maximum atomic E-state index is 10.3. The van der Waals surface area contributed by atoms with Gasteiger partial charge >= 0.3 is 5.97 Å². The van der Waals surface area contributed by atoms with Crippen LogP contribution in [0.2, 0.25) is 0 Å². The standard InChI is InChI=1S/C9H12N2O2/c1-6-5-8(3-4-9(12)13)11-7(2)10-6/h5H,3-4H2,1-2H3,(H,12,13). The molecule has 1 rings (SSSR count). The zero-order valence-corrected chi connectivity index (χ0v) is 7.74. The predicted octanol–water partition coefficient (Wildman–Crippen LogP) is 1.11. The van der Waals surface area contributed by atoms with E-state index in [9.17, 15) is 4.79 Å². The molecule has 0 fully saturated rings. The Bertz CT molecular complexity index is 303. The minimum absolute atomic E-state index is 0.121. The Hall–Kier alpha value is -1.45. The van der Waals surface area contributed by atoms with Crippen LogP contribution in [0.5, 0.6) is 0 Å². The highest BCUT2D eigenvalue weighted by atomic mass is 16.4. The van der Waals surface area contributed by atoms with Gasteiger partial charge in [-0.15, -0.1) is 0 Å². The number of aliphatic carboxylic acids is 1. The lowest BCUT2D eigenvalue weighted by Gasteiger charge is -2.00. The highest BCUT2D eigenvalue weighted by molar-refractivity contribution is 5.66. The van der Waals surface area contributed by atoms with Gasteiger partial charge in [-0.25, -0.2) is 9.97 Å². The molecule has 0 spiro atoms. The molecular formula is C9H12N2O2. The topological polar surface area (TPSA) is 63.1 Å². The summed E-state index contributed by atoms with van der Waals surface area (Å²) < 4.78 is 0. The van der Waals surface area contributed by atoms with Crippen molar-refractivity contribution < 1.29 is 9.90 Å². The minimum Gasteiger partial charge on any atom is -0.481 e. The number of aryl methyl sites for hydroxylation is 3. The molecule has 4 nitrogen and oxygen atoms in total. The van der Waals surface area contributed by atoms with Gasteiger partial charge in [-0.1, -0.05) is 0 Å². The quantitative estimate of drug-likeness (QED) is 0.756. The van der Waals surface area contributed by atoms with Crippen LogP contribution in [-0.2, 0) is 11.2 Å². The van der Waals surface area contributed by atoms with E-state index in [4.69, 9.17) is 5.11 Å². The van der Waals surface area contributed by atoms with Gasteiger partial charge < -0.3 is 5.11 Å². The number of carbonyl (C=O) groups is 1. The van der Waals surface area contributed by atoms with Crippen molar-refractivity contribution in [2.75, 3.05) is 0 Å². The number of carboxylic acids is 1. The first-order valence-electron chi connectivity index (χ1n) is 4.11. The summed E-state index contributed by atoms with van der Waals surface area (Å²) in [6, 6.07) is 1.82. The summed E-state index contributed by atoms with van der Waals surface area (Å²) in [7, 11) is 0. The Kier molecular flexibility index (Phi) is 2.95. The second-order valence-corrected chi connectivity index (χ2v) is 2.94. The first-order valence-corrected chi connectivity index (χ1v) is 4.11. The minimum atomic E-state index is -0.797. The van der Waals surface area contributed by atoms with E-state index in [0.717, 1.165) is 11.4 Å². The highest BCUT2D eigenvalue weighted by Gasteiger charge is 2.02. The van der Waals surface area contributed by atoms with Crippen molar-refractivity contribution in [2.45, 2.75) is 26.7 Å². The van der Waals surface area contributed by atoms with Gasteiger partial charge in [-0.3, -0.25) is 4.79 Å². The van der Waals surface area contributed by atoms with Crippen LogP contribution in [0.1, 0.15) is 23.6 Å². The molecule has 0 saturated heterocycles. The summed E-state index contributed by atoms with van der Waals surface area (Å²) in [5.74, 6) is -0.102. The fourth-order valence-electron chi connectivity index (χ4n) is 1.16. The van der Waals surface area contributed by atoms with E-state index in [1.165, 1.54) is 0 Å². The number of aromatic nitrogens is 2. The molecule has 70 valence electrons. The van der Waals surface area contributed by atoms with Gasteiger partial charge in [0, 0.05) is 17.8 Å². The van der Waals surface area contributed by atoms with Gasteiger partial charge in [-0.05, 0) is 19.9 Å². The Balaban J connectivity index is 2.71. The Labute approximate surface area is 76.7 Å². The maximum Gasteiger partial charge on any atom is 0.303 e. The maximum absolute atomic E-state index is 10.3. The van der Waals surface area contributed by atoms with Crippen molar-refractivity contribution in [2.24, 2.45) is 0 Å². The van der Waals surface area contributed by atoms with Crippen LogP contribution in [0.3, 0.4) is 0 Å². The van der Waals surface area contributed by atoms with Crippen molar-refractivity contribution in [1.29, 1.82) is 0 Å². The van der Waals surface area contributed by atoms with Crippen molar-refractivity contribution >= 4 is 5.97 Å². The Morgan fingerprint density at radius 3 is 2.69 bits per heavy atom. The van der Waals surface area contributed by atoms with Gasteiger partial charge in [0.05, 0.1) is 6.42 Å². The normalized spacial score (nSPS) is 10.0. The van der Waals surface area contributed by atoms with Gasteiger partial charge in [0.25, 0.3) is 0 Å². The number of hydrogen-bond acceptors (Lipinski definition) is 3. The third-order valence-electron chi connectivity index (χ3n) is 1.61. The van der Waals surface area contributed by atoms with Crippen LogP contribution >= 0.6 is 0 Å². The zero-order chi connectivity index (χ0) is 9.84. The van der Waals surface area contributed by atoms with Crippen LogP contribution in [0, 0.1) is 13.8 Å². The van der Waals surface area contributed by atoms with Crippen molar-refractivity contribution in [3.63, 3.8) is 0 Å². The van der Waals surface area contributed by atoms with E-state index in [1.807, 2.05) is 13.0 Å². The van der Waals surface area contributed by atoms with Gasteiger partial charge in [0.15, 0.2) is 0 Å². The zero-order valence-electron chi connectivity index (χ0n) is 7.74. The van der Waals surface area contributed by atoms with E-state index in [2.05, 4.69) is 9.97 Å². The average molecular weight is 180 g/mol. The molecule has 4 heteroatoms. The smallest absolute Gasteiger partial charge is 0.303 e. The van der Waals surface area contributed by atoms with Crippen LogP contribution < -0.4 is 0 Å². The Morgan fingerprint density at radius 1 is 1.46 bits per heavy atom. The number of rotatable bonds is 3. The monoisotopic (exact) mass is 180 g/mol. The molecule has 0 unspecified atom stereocenters. The number of nitrogens with zero attached hydrogens (tertiary/aromatic N) is 2. The molecule has 0 radical (unpaired) electrons. The van der Waals surface area contributed by atoms with E-state index in [0.29, 0.717) is 12.2 Å². The van der Waals surface area contributed by atoms with Crippen LogP contribution in [0.15, 0.2) is 6.07 Å². The summed E-state index contributed by atoms with van der Waals surface area (Å²) in [4.78, 5) is 18.5. The lowest BCUT2D eigenvalue weighted by molar-refractivity contribution is -0.136. The lowest BCUT2D eigenvalue weighted by atomic mass is 10.2. The largest absolute Gasteiger partial charge is 0.481 e. The van der Waals surface area contributed by atoms with Crippen molar-refractivity contribution in [1.82, 2.24) is 9.97 Å². The molecule has 1 heterocycles. The van der Waals surface area contributed by atoms with E-state index in [1.54, 1.807) is 6.92 Å². The summed E-state index contributed by atoms with van der Waals surface area (Å²) >= 11 is 0. The molecule has 1 aromatic heterocycles. The lowest BCUT2D eigenvalue weighted by Crippen LogP contribution is -2.02. The molecular weight excluding hydrogens is 168 g/mol. The van der Waals surface area contributed by atoms with Crippen LogP contribution in [-0.4, -0.2) is 21.0 Å². The summed E-state index contributed by atoms with van der Waals surface area (Å²) in [6.07, 6.45) is 0.593. The van der Waals surface area contributed by atoms with E-state index in [-0.39, 0.29) is 6.42 Å². The van der Waals surface area contributed by atoms with Gasteiger partial charge in [0.2, 0.25) is 0 Å². The molecule has 1 N–H and O–H groups in total. The van der Waals surface area contributed by atoms with E-state index >= 15 is 0 Å². The van der Waals surface area contributed by atoms with Crippen LogP contribution in [0.25, 0.3) is 0 Å². The average Bonchev–Trinajstić information content (AvgIpc) is 1.99. The van der Waals surface area contributed by atoms with Crippen molar-refractivity contribution in [3.05, 3.63) is 23.3 Å². The molecule has 13 heavy (non-hydrogen) atoms.